The van der Waals surface area contributed by atoms with Crippen LogP contribution in [0.15, 0.2) is 28.7 Å². The zero-order chi connectivity index (χ0) is 13.3. The van der Waals surface area contributed by atoms with Crippen LogP contribution < -0.4 is 0 Å². The molecule has 0 saturated heterocycles. The Balaban J connectivity index is 2.20. The Morgan fingerprint density at radius 2 is 1.94 bits per heavy atom. The van der Waals surface area contributed by atoms with Crippen LogP contribution in [-0.4, -0.2) is 5.11 Å². The normalized spacial score (nSPS) is 31.9. The fourth-order valence-electron chi connectivity index (χ4n) is 3.10. The Labute approximate surface area is 119 Å². The highest BCUT2D eigenvalue weighted by atomic mass is 79.9. The zero-order valence-corrected chi connectivity index (χ0v) is 13.1. The van der Waals surface area contributed by atoms with Crippen LogP contribution in [0.3, 0.4) is 0 Å². The van der Waals surface area contributed by atoms with Crippen molar-refractivity contribution in [2.75, 3.05) is 0 Å². The van der Waals surface area contributed by atoms with Gasteiger partial charge in [0.25, 0.3) is 0 Å². The number of benzene rings is 1. The van der Waals surface area contributed by atoms with Gasteiger partial charge in [0.2, 0.25) is 0 Å². The van der Waals surface area contributed by atoms with E-state index in [1.165, 1.54) is 6.42 Å². The molecule has 1 saturated carbocycles. The Kier molecular flexibility index (Phi) is 4.18. The highest BCUT2D eigenvalue weighted by Gasteiger charge is 2.38. The molecule has 1 nitrogen and oxygen atoms in total. The lowest BCUT2D eigenvalue weighted by molar-refractivity contribution is -0.0371. The fourth-order valence-corrected chi connectivity index (χ4v) is 3.50. The average molecular weight is 311 g/mol. The summed E-state index contributed by atoms with van der Waals surface area (Å²) in [6, 6.07) is 8.09. The van der Waals surface area contributed by atoms with E-state index in [0.717, 1.165) is 28.8 Å². The SMILES string of the molecule is CC1CCC(C(C)(O)c2cccc(Br)c2)CC1C. The van der Waals surface area contributed by atoms with Crippen LogP contribution >= 0.6 is 15.9 Å². The molecule has 100 valence electrons. The quantitative estimate of drug-likeness (QED) is 0.837. The highest BCUT2D eigenvalue weighted by Crippen LogP contribution is 2.43. The first-order valence-corrected chi connectivity index (χ1v) is 7.69. The molecule has 1 aromatic rings. The number of rotatable bonds is 2. The van der Waals surface area contributed by atoms with E-state index in [2.05, 4.69) is 29.8 Å². The van der Waals surface area contributed by atoms with Gasteiger partial charge in [-0.1, -0.05) is 48.3 Å². The molecular weight excluding hydrogens is 288 g/mol. The van der Waals surface area contributed by atoms with Gasteiger partial charge in [-0.05, 0) is 55.2 Å². The van der Waals surface area contributed by atoms with Crippen molar-refractivity contribution in [2.24, 2.45) is 17.8 Å². The molecule has 1 fully saturated rings. The van der Waals surface area contributed by atoms with Crippen LogP contribution in [0.1, 0.15) is 45.6 Å². The van der Waals surface area contributed by atoms with Crippen molar-refractivity contribution in [1.29, 1.82) is 0 Å². The molecule has 0 radical (unpaired) electrons. The van der Waals surface area contributed by atoms with Crippen LogP contribution in [0.25, 0.3) is 0 Å². The zero-order valence-electron chi connectivity index (χ0n) is 11.5. The summed E-state index contributed by atoms with van der Waals surface area (Å²) in [5, 5.41) is 10.9. The van der Waals surface area contributed by atoms with Crippen molar-refractivity contribution in [3.63, 3.8) is 0 Å². The molecule has 0 aromatic heterocycles. The predicted octanol–water partition coefficient (Wildman–Crippen LogP) is 4.73. The standard InChI is InChI=1S/C16H23BrO/c1-11-7-8-14(9-12(11)2)16(3,18)13-5-4-6-15(17)10-13/h4-6,10-12,14,18H,7-9H2,1-3H3. The van der Waals surface area contributed by atoms with E-state index < -0.39 is 5.60 Å². The van der Waals surface area contributed by atoms with Crippen molar-refractivity contribution >= 4 is 15.9 Å². The van der Waals surface area contributed by atoms with E-state index in [0.29, 0.717) is 11.8 Å². The van der Waals surface area contributed by atoms with Gasteiger partial charge in [-0.25, -0.2) is 0 Å². The Morgan fingerprint density at radius 3 is 2.56 bits per heavy atom. The fraction of sp³-hybridized carbons (Fsp3) is 0.625. The molecule has 1 N–H and O–H groups in total. The molecule has 1 aromatic carbocycles. The van der Waals surface area contributed by atoms with Crippen LogP contribution in [0.4, 0.5) is 0 Å². The van der Waals surface area contributed by atoms with Crippen LogP contribution in [-0.2, 0) is 5.60 Å². The summed E-state index contributed by atoms with van der Waals surface area (Å²) < 4.78 is 1.04. The Bertz CT molecular complexity index is 413. The molecule has 4 unspecified atom stereocenters. The maximum absolute atomic E-state index is 10.9. The summed E-state index contributed by atoms with van der Waals surface area (Å²) in [6.07, 6.45) is 3.49. The highest BCUT2D eigenvalue weighted by molar-refractivity contribution is 9.10. The van der Waals surface area contributed by atoms with Crippen molar-refractivity contribution in [2.45, 2.75) is 45.6 Å². The average Bonchev–Trinajstić information content (AvgIpc) is 2.32. The van der Waals surface area contributed by atoms with Crippen LogP contribution in [0.5, 0.6) is 0 Å². The first-order valence-electron chi connectivity index (χ1n) is 6.89. The summed E-state index contributed by atoms with van der Waals surface area (Å²) in [5.41, 5.74) is 0.321. The molecule has 0 aliphatic heterocycles. The summed E-state index contributed by atoms with van der Waals surface area (Å²) in [6.45, 7) is 6.62. The second-order valence-corrected chi connectivity index (χ2v) is 7.04. The molecule has 0 bridgehead atoms. The van der Waals surface area contributed by atoms with E-state index in [9.17, 15) is 5.11 Å². The van der Waals surface area contributed by atoms with Crippen LogP contribution in [0, 0.1) is 17.8 Å². The van der Waals surface area contributed by atoms with E-state index in [4.69, 9.17) is 0 Å². The molecule has 0 spiro atoms. The summed E-state index contributed by atoms with van der Waals surface area (Å²) in [7, 11) is 0. The van der Waals surface area contributed by atoms with Crippen molar-refractivity contribution in [3.8, 4) is 0 Å². The number of hydrogen-bond acceptors (Lipinski definition) is 1. The lowest BCUT2D eigenvalue weighted by atomic mass is 9.68. The molecule has 0 amide bonds. The minimum atomic E-state index is -0.710. The Hall–Kier alpha value is -0.340. The van der Waals surface area contributed by atoms with Crippen LogP contribution in [0.2, 0.25) is 0 Å². The molecule has 1 aliphatic rings. The van der Waals surface area contributed by atoms with Gasteiger partial charge >= 0.3 is 0 Å². The molecule has 0 heterocycles. The number of hydrogen-bond donors (Lipinski definition) is 1. The van der Waals surface area contributed by atoms with Gasteiger partial charge in [-0.2, -0.15) is 0 Å². The maximum Gasteiger partial charge on any atom is 0.0897 e. The third-order valence-corrected chi connectivity index (χ3v) is 5.30. The second kappa shape index (κ2) is 5.34. The van der Waals surface area contributed by atoms with Crippen molar-refractivity contribution < 1.29 is 5.11 Å². The van der Waals surface area contributed by atoms with Gasteiger partial charge in [0, 0.05) is 4.47 Å². The van der Waals surface area contributed by atoms with Gasteiger partial charge in [0.05, 0.1) is 5.60 Å². The molecule has 2 rings (SSSR count). The monoisotopic (exact) mass is 310 g/mol. The predicted molar refractivity (Wildman–Crippen MR) is 79.4 cm³/mol. The lowest BCUT2D eigenvalue weighted by Crippen LogP contribution is -2.36. The smallest absolute Gasteiger partial charge is 0.0897 e. The first kappa shape index (κ1) is 14.1. The summed E-state index contributed by atoms with van der Waals surface area (Å²) >= 11 is 3.49. The number of halogens is 1. The molecule has 1 aliphatic carbocycles. The topological polar surface area (TPSA) is 20.2 Å². The second-order valence-electron chi connectivity index (χ2n) is 6.12. The third kappa shape index (κ3) is 2.80. The minimum absolute atomic E-state index is 0.373. The molecule has 2 heteroatoms. The van der Waals surface area contributed by atoms with Gasteiger partial charge < -0.3 is 5.11 Å². The molecule has 4 atom stereocenters. The van der Waals surface area contributed by atoms with Crippen molar-refractivity contribution in [3.05, 3.63) is 34.3 Å². The third-order valence-electron chi connectivity index (χ3n) is 4.80. The van der Waals surface area contributed by atoms with E-state index >= 15 is 0 Å². The largest absolute Gasteiger partial charge is 0.385 e. The van der Waals surface area contributed by atoms with Gasteiger partial charge in [-0.3, -0.25) is 0 Å². The lowest BCUT2D eigenvalue weighted by Gasteiger charge is -2.40. The van der Waals surface area contributed by atoms with Gasteiger partial charge in [0.15, 0.2) is 0 Å². The molecular formula is C16H23BrO. The molecule has 18 heavy (non-hydrogen) atoms. The van der Waals surface area contributed by atoms with Gasteiger partial charge in [-0.15, -0.1) is 0 Å². The summed E-state index contributed by atoms with van der Waals surface area (Å²) in [5.74, 6) is 1.87. The summed E-state index contributed by atoms with van der Waals surface area (Å²) in [4.78, 5) is 0. The minimum Gasteiger partial charge on any atom is -0.385 e. The van der Waals surface area contributed by atoms with E-state index in [-0.39, 0.29) is 0 Å². The first-order chi connectivity index (χ1) is 8.41. The number of aliphatic hydroxyl groups is 1. The Morgan fingerprint density at radius 1 is 1.22 bits per heavy atom. The van der Waals surface area contributed by atoms with E-state index in [1.54, 1.807) is 0 Å². The van der Waals surface area contributed by atoms with E-state index in [1.807, 2.05) is 31.2 Å². The van der Waals surface area contributed by atoms with Crippen molar-refractivity contribution in [1.82, 2.24) is 0 Å². The maximum atomic E-state index is 10.9. The van der Waals surface area contributed by atoms with Gasteiger partial charge in [0.1, 0.15) is 0 Å².